The van der Waals surface area contributed by atoms with Crippen LogP contribution in [0, 0.1) is 17.8 Å². The average Bonchev–Trinajstić information content (AvgIpc) is 3.05. The highest BCUT2D eigenvalue weighted by atomic mass is 16.5. The van der Waals surface area contributed by atoms with E-state index < -0.39 is 0 Å². The summed E-state index contributed by atoms with van der Waals surface area (Å²) in [6.45, 7) is 2.36. The average molecular weight is 248 g/mol. The summed E-state index contributed by atoms with van der Waals surface area (Å²) in [5.74, 6) is 1.42. The van der Waals surface area contributed by atoms with Crippen molar-refractivity contribution < 1.29 is 9.53 Å². The summed E-state index contributed by atoms with van der Waals surface area (Å²) in [6, 6.07) is 0.264. The summed E-state index contributed by atoms with van der Waals surface area (Å²) in [5.41, 5.74) is 0. The molecule has 0 aliphatic heterocycles. The molecular weight excluding hydrogens is 232 g/mol. The SMILES string of the molecule is CCOc1n[nH]c(NC(=O)C2CC3C=CC2C3)n1. The fourth-order valence-corrected chi connectivity index (χ4v) is 2.79. The molecule has 3 unspecified atom stereocenters. The molecule has 18 heavy (non-hydrogen) atoms. The van der Waals surface area contributed by atoms with Crippen molar-refractivity contribution in [3.8, 4) is 6.01 Å². The molecule has 1 saturated carbocycles. The number of H-pyrrole nitrogens is 1. The number of hydrogen-bond acceptors (Lipinski definition) is 4. The van der Waals surface area contributed by atoms with E-state index in [4.69, 9.17) is 4.74 Å². The van der Waals surface area contributed by atoms with Gasteiger partial charge in [0.25, 0.3) is 0 Å². The molecule has 2 aliphatic carbocycles. The van der Waals surface area contributed by atoms with Crippen LogP contribution in [0.3, 0.4) is 0 Å². The van der Waals surface area contributed by atoms with Gasteiger partial charge in [0.1, 0.15) is 0 Å². The molecule has 3 rings (SSSR count). The largest absolute Gasteiger partial charge is 0.463 e. The molecular formula is C12H16N4O2. The highest BCUT2D eigenvalue weighted by Crippen LogP contribution is 2.43. The van der Waals surface area contributed by atoms with E-state index in [9.17, 15) is 4.79 Å². The normalized spacial score (nSPS) is 28.6. The molecule has 2 aliphatic rings. The van der Waals surface area contributed by atoms with Crippen LogP contribution in [0.5, 0.6) is 6.01 Å². The number of fused-ring (bicyclic) bond motifs is 2. The van der Waals surface area contributed by atoms with E-state index in [0.29, 0.717) is 24.4 Å². The number of allylic oxidation sites excluding steroid dienone is 2. The van der Waals surface area contributed by atoms with Crippen molar-refractivity contribution in [2.75, 3.05) is 11.9 Å². The predicted molar refractivity (Wildman–Crippen MR) is 65.0 cm³/mol. The Balaban J connectivity index is 1.62. The van der Waals surface area contributed by atoms with Gasteiger partial charge in [-0.1, -0.05) is 12.2 Å². The number of carbonyl (C=O) groups is 1. The molecule has 2 N–H and O–H groups in total. The third-order valence-corrected chi connectivity index (χ3v) is 3.60. The number of carbonyl (C=O) groups excluding carboxylic acids is 1. The third-order valence-electron chi connectivity index (χ3n) is 3.60. The van der Waals surface area contributed by atoms with Crippen LogP contribution in [-0.2, 0) is 4.79 Å². The molecule has 2 bridgehead atoms. The van der Waals surface area contributed by atoms with E-state index in [1.165, 1.54) is 0 Å². The number of nitrogens with zero attached hydrogens (tertiary/aromatic N) is 2. The second kappa shape index (κ2) is 4.44. The minimum absolute atomic E-state index is 0.0195. The number of ether oxygens (including phenoxy) is 1. The maximum absolute atomic E-state index is 12.1. The Bertz CT molecular complexity index is 482. The Morgan fingerprint density at radius 2 is 2.44 bits per heavy atom. The quantitative estimate of drug-likeness (QED) is 0.788. The molecule has 0 aromatic carbocycles. The highest BCUT2D eigenvalue weighted by Gasteiger charge is 2.39. The lowest BCUT2D eigenvalue weighted by molar-refractivity contribution is -0.120. The molecule has 0 saturated heterocycles. The van der Waals surface area contributed by atoms with E-state index in [1.54, 1.807) is 0 Å². The second-order valence-corrected chi connectivity index (χ2v) is 4.78. The topological polar surface area (TPSA) is 79.9 Å². The highest BCUT2D eigenvalue weighted by molar-refractivity contribution is 5.91. The molecule has 1 fully saturated rings. The lowest BCUT2D eigenvalue weighted by atomic mass is 9.93. The van der Waals surface area contributed by atoms with Gasteiger partial charge in [0.2, 0.25) is 11.9 Å². The van der Waals surface area contributed by atoms with Crippen molar-refractivity contribution in [3.05, 3.63) is 12.2 Å². The molecule has 1 aromatic heterocycles. The van der Waals surface area contributed by atoms with Gasteiger partial charge in [-0.3, -0.25) is 10.1 Å². The standard InChI is InChI=1S/C12H16N4O2/c1-2-18-12-14-11(15-16-12)13-10(17)9-6-7-3-4-8(9)5-7/h3-4,7-9H,2,5-6H2,1H3,(H2,13,14,15,16,17). The summed E-state index contributed by atoms with van der Waals surface area (Å²) < 4.78 is 5.13. The number of amides is 1. The van der Waals surface area contributed by atoms with E-state index in [-0.39, 0.29) is 17.8 Å². The Morgan fingerprint density at radius 1 is 1.56 bits per heavy atom. The van der Waals surface area contributed by atoms with Crippen LogP contribution in [0.2, 0.25) is 0 Å². The lowest BCUT2D eigenvalue weighted by Gasteiger charge is -2.16. The zero-order valence-electron chi connectivity index (χ0n) is 10.2. The Hall–Kier alpha value is -1.85. The summed E-state index contributed by atoms with van der Waals surface area (Å²) in [6.07, 6.45) is 6.43. The van der Waals surface area contributed by atoms with Crippen LogP contribution < -0.4 is 10.1 Å². The number of aromatic nitrogens is 3. The summed E-state index contributed by atoms with van der Waals surface area (Å²) >= 11 is 0. The van der Waals surface area contributed by atoms with Crippen molar-refractivity contribution >= 4 is 11.9 Å². The molecule has 6 nitrogen and oxygen atoms in total. The van der Waals surface area contributed by atoms with Gasteiger partial charge >= 0.3 is 6.01 Å². The fourth-order valence-electron chi connectivity index (χ4n) is 2.79. The first-order valence-corrected chi connectivity index (χ1v) is 6.30. The smallest absolute Gasteiger partial charge is 0.337 e. The van der Waals surface area contributed by atoms with Gasteiger partial charge in [0.05, 0.1) is 6.61 Å². The van der Waals surface area contributed by atoms with Crippen LogP contribution >= 0.6 is 0 Å². The van der Waals surface area contributed by atoms with E-state index >= 15 is 0 Å². The van der Waals surface area contributed by atoms with Crippen LogP contribution in [0.1, 0.15) is 19.8 Å². The molecule has 3 atom stereocenters. The van der Waals surface area contributed by atoms with Gasteiger partial charge in [-0.2, -0.15) is 4.98 Å². The molecule has 0 radical (unpaired) electrons. The van der Waals surface area contributed by atoms with Crippen LogP contribution in [0.25, 0.3) is 0 Å². The molecule has 96 valence electrons. The van der Waals surface area contributed by atoms with Crippen molar-refractivity contribution in [1.29, 1.82) is 0 Å². The van der Waals surface area contributed by atoms with Crippen molar-refractivity contribution in [2.24, 2.45) is 17.8 Å². The zero-order valence-corrected chi connectivity index (χ0v) is 10.2. The third kappa shape index (κ3) is 1.98. The summed E-state index contributed by atoms with van der Waals surface area (Å²) in [7, 11) is 0. The van der Waals surface area contributed by atoms with Crippen LogP contribution in [-0.4, -0.2) is 27.7 Å². The number of rotatable bonds is 4. The van der Waals surface area contributed by atoms with Gasteiger partial charge in [-0.25, -0.2) is 5.10 Å². The van der Waals surface area contributed by atoms with Gasteiger partial charge in [-0.05, 0) is 31.6 Å². The second-order valence-electron chi connectivity index (χ2n) is 4.78. The Kier molecular flexibility index (Phi) is 2.77. The zero-order chi connectivity index (χ0) is 12.5. The lowest BCUT2D eigenvalue weighted by Crippen LogP contribution is -2.26. The molecule has 1 aromatic rings. The van der Waals surface area contributed by atoms with Gasteiger partial charge in [-0.15, -0.1) is 5.10 Å². The minimum atomic E-state index is 0.0195. The van der Waals surface area contributed by atoms with E-state index in [0.717, 1.165) is 12.8 Å². The monoisotopic (exact) mass is 248 g/mol. The van der Waals surface area contributed by atoms with Crippen molar-refractivity contribution in [2.45, 2.75) is 19.8 Å². The van der Waals surface area contributed by atoms with E-state index in [2.05, 4.69) is 32.7 Å². The number of anilines is 1. The summed E-state index contributed by atoms with van der Waals surface area (Å²) in [5, 5.41) is 9.26. The van der Waals surface area contributed by atoms with Crippen molar-refractivity contribution in [1.82, 2.24) is 15.2 Å². The van der Waals surface area contributed by atoms with Gasteiger partial charge < -0.3 is 4.74 Å². The predicted octanol–water partition coefficient (Wildman–Crippen LogP) is 1.35. The maximum atomic E-state index is 12.1. The first-order valence-electron chi connectivity index (χ1n) is 6.30. The Labute approximate surface area is 105 Å². The number of hydrogen-bond donors (Lipinski definition) is 2. The van der Waals surface area contributed by atoms with Crippen LogP contribution in [0.15, 0.2) is 12.2 Å². The molecule has 1 amide bonds. The van der Waals surface area contributed by atoms with Crippen molar-refractivity contribution in [3.63, 3.8) is 0 Å². The fraction of sp³-hybridized carbons (Fsp3) is 0.583. The molecule has 0 spiro atoms. The first-order chi connectivity index (χ1) is 8.76. The van der Waals surface area contributed by atoms with Gasteiger partial charge in [0.15, 0.2) is 0 Å². The number of nitrogens with one attached hydrogen (secondary N) is 2. The first kappa shape index (κ1) is 11.3. The summed E-state index contributed by atoms with van der Waals surface area (Å²) in [4.78, 5) is 16.1. The minimum Gasteiger partial charge on any atom is -0.463 e. The van der Waals surface area contributed by atoms with Crippen LogP contribution in [0.4, 0.5) is 5.95 Å². The van der Waals surface area contributed by atoms with E-state index in [1.807, 2.05) is 6.92 Å². The number of aromatic amines is 1. The molecule has 6 heteroatoms. The maximum Gasteiger partial charge on any atom is 0.337 e. The van der Waals surface area contributed by atoms with Gasteiger partial charge in [0, 0.05) is 5.92 Å². The molecule has 1 heterocycles. The Morgan fingerprint density at radius 3 is 3.11 bits per heavy atom.